The average molecular weight is 579 g/mol. The van der Waals surface area contributed by atoms with Gasteiger partial charge in [-0.3, -0.25) is 4.79 Å². The maximum Gasteiger partial charge on any atom is 0.159 e. The van der Waals surface area contributed by atoms with Crippen LogP contribution in [0.15, 0.2) is 11.6 Å². The van der Waals surface area contributed by atoms with E-state index in [0.29, 0.717) is 12.8 Å². The monoisotopic (exact) mass is 578 g/mol. The van der Waals surface area contributed by atoms with Crippen LogP contribution in [0.4, 0.5) is 0 Å². The highest BCUT2D eigenvalue weighted by Crippen LogP contribution is 2.79. The summed E-state index contributed by atoms with van der Waals surface area (Å²) in [6, 6.07) is 0. The van der Waals surface area contributed by atoms with Gasteiger partial charge in [-0.2, -0.15) is 0 Å². The van der Waals surface area contributed by atoms with Gasteiger partial charge in [0.05, 0.1) is 18.8 Å². The van der Waals surface area contributed by atoms with Crippen molar-refractivity contribution in [2.75, 3.05) is 6.61 Å². The van der Waals surface area contributed by atoms with Crippen molar-refractivity contribution in [2.45, 2.75) is 136 Å². The van der Waals surface area contributed by atoms with E-state index in [1.165, 1.54) is 5.57 Å². The molecule has 232 valence electrons. The fourth-order valence-corrected chi connectivity index (χ4v) is 14.0. The summed E-state index contributed by atoms with van der Waals surface area (Å²) in [4.78, 5) is 14.8. The van der Waals surface area contributed by atoms with Gasteiger partial charge in [0.1, 0.15) is 6.10 Å². The summed E-state index contributed by atoms with van der Waals surface area (Å²) >= 11 is 0. The van der Waals surface area contributed by atoms with Crippen molar-refractivity contribution in [1.82, 2.24) is 0 Å². The van der Waals surface area contributed by atoms with Crippen LogP contribution in [0.1, 0.15) is 118 Å². The third kappa shape index (κ3) is 3.24. The SMILES string of the molecule is C[C@@]12CCC#C[C@@H](O)[C@@]3([C@H](C1)C1=CC(=O)[C@@H]4[C@@]5(C)CC[C@H](O)[C@@](C)(CO)[C@H]5CC[C@@]4(C)[C@]1(C)C[C@@H]3O)C1(CCCC1)C2. The van der Waals surface area contributed by atoms with Gasteiger partial charge in [-0.1, -0.05) is 59.0 Å². The van der Waals surface area contributed by atoms with Crippen molar-refractivity contribution in [3.63, 3.8) is 0 Å². The van der Waals surface area contributed by atoms with Crippen LogP contribution in [-0.2, 0) is 4.79 Å². The third-order valence-corrected chi connectivity index (χ3v) is 16.0. The summed E-state index contributed by atoms with van der Waals surface area (Å²) < 4.78 is 0. The molecule has 0 aromatic rings. The number of carbonyl (C=O) groups is 1. The molecule has 0 amide bonds. The predicted molar refractivity (Wildman–Crippen MR) is 162 cm³/mol. The van der Waals surface area contributed by atoms with Crippen LogP contribution in [-0.4, -0.2) is 51.1 Å². The van der Waals surface area contributed by atoms with Gasteiger partial charge < -0.3 is 20.4 Å². The molecule has 0 aromatic carbocycles. The molecule has 0 aromatic heterocycles. The molecule has 0 heterocycles. The van der Waals surface area contributed by atoms with Gasteiger partial charge in [-0.25, -0.2) is 0 Å². The van der Waals surface area contributed by atoms with Gasteiger partial charge in [0.15, 0.2) is 5.78 Å². The quantitative estimate of drug-likeness (QED) is 0.305. The molecule has 0 saturated heterocycles. The molecular weight excluding hydrogens is 524 g/mol. The van der Waals surface area contributed by atoms with E-state index in [0.717, 1.165) is 70.6 Å². The minimum atomic E-state index is -0.900. The number of hydrogen-bond acceptors (Lipinski definition) is 5. The summed E-state index contributed by atoms with van der Waals surface area (Å²) in [6.07, 6.45) is 11.4. The molecule has 5 saturated carbocycles. The van der Waals surface area contributed by atoms with Gasteiger partial charge in [-0.15, -0.1) is 5.92 Å². The molecule has 0 radical (unpaired) electrons. The lowest BCUT2D eigenvalue weighted by Gasteiger charge is -2.73. The molecule has 8 rings (SSSR count). The van der Waals surface area contributed by atoms with E-state index in [1.807, 2.05) is 13.0 Å². The standard InChI is InChI=1S/C37H54O5/c1-31-13-7-6-10-28(41)37(36(21-31)14-8-9-15-36)24(19-31)23-18-25(39)30-32(2)16-12-27(40)33(3,22-38)26(32)11-17-34(30,4)35(23,5)20-29(37)42/h18,24,26-30,38,40-42H,7-9,11-17,19-22H2,1-5H3/t24-,26+,27+,28-,29+,30-,31-,32+,33+,34-,35-,37-/m1/s1. The van der Waals surface area contributed by atoms with Crippen LogP contribution < -0.4 is 0 Å². The Labute approximate surface area is 252 Å². The second-order valence-electron chi connectivity index (χ2n) is 17.6. The van der Waals surface area contributed by atoms with Crippen LogP contribution in [0, 0.1) is 67.5 Å². The second kappa shape index (κ2) is 8.96. The molecule has 0 aliphatic heterocycles. The van der Waals surface area contributed by atoms with Crippen molar-refractivity contribution >= 4 is 5.78 Å². The molecule has 0 unspecified atom stereocenters. The van der Waals surface area contributed by atoms with Crippen LogP contribution in [0.5, 0.6) is 0 Å². The normalized spacial score (nSPS) is 56.0. The van der Waals surface area contributed by atoms with Crippen molar-refractivity contribution in [1.29, 1.82) is 0 Å². The number of aliphatic hydroxyl groups is 4. The first-order valence-electron chi connectivity index (χ1n) is 17.1. The number of aliphatic hydroxyl groups excluding tert-OH is 4. The Morgan fingerprint density at radius 3 is 2.31 bits per heavy atom. The molecule has 12 atom stereocenters. The van der Waals surface area contributed by atoms with Crippen molar-refractivity contribution < 1.29 is 25.2 Å². The van der Waals surface area contributed by atoms with Gasteiger partial charge in [-0.05, 0) is 109 Å². The predicted octanol–water partition coefficient (Wildman–Crippen LogP) is 5.58. The van der Waals surface area contributed by atoms with E-state index in [4.69, 9.17) is 0 Å². The summed E-state index contributed by atoms with van der Waals surface area (Å²) in [5.74, 6) is 6.53. The molecule has 8 aliphatic rings. The smallest absolute Gasteiger partial charge is 0.159 e. The lowest BCUT2D eigenvalue weighted by molar-refractivity contribution is -0.254. The summed E-state index contributed by atoms with van der Waals surface area (Å²) in [6.45, 7) is 11.3. The first-order valence-corrected chi connectivity index (χ1v) is 17.1. The number of allylic oxidation sites excluding steroid dienone is 2. The Morgan fingerprint density at radius 2 is 1.62 bits per heavy atom. The maximum absolute atomic E-state index is 14.8. The summed E-state index contributed by atoms with van der Waals surface area (Å²) in [5.41, 5.74) is -1.39. The van der Waals surface area contributed by atoms with E-state index in [1.54, 1.807) is 0 Å². The van der Waals surface area contributed by atoms with Crippen molar-refractivity contribution in [3.8, 4) is 11.8 Å². The number of hydrogen-bond donors (Lipinski definition) is 4. The second-order valence-corrected chi connectivity index (χ2v) is 17.6. The number of rotatable bonds is 1. The van der Waals surface area contributed by atoms with Crippen molar-refractivity contribution in [3.05, 3.63) is 11.6 Å². The zero-order valence-electron chi connectivity index (χ0n) is 26.6. The molecule has 8 aliphatic carbocycles. The van der Waals surface area contributed by atoms with E-state index in [-0.39, 0.29) is 51.8 Å². The number of ketones is 1. The highest BCUT2D eigenvalue weighted by molar-refractivity contribution is 5.95. The highest BCUT2D eigenvalue weighted by atomic mass is 16.3. The zero-order chi connectivity index (χ0) is 30.1. The zero-order valence-corrected chi connectivity index (χ0v) is 26.6. The largest absolute Gasteiger partial charge is 0.396 e. The van der Waals surface area contributed by atoms with Crippen LogP contribution >= 0.6 is 0 Å². The lowest BCUT2D eigenvalue weighted by atomic mass is 9.30. The Hall–Kier alpha value is -1.19. The van der Waals surface area contributed by atoms with Crippen LogP contribution in [0.25, 0.3) is 0 Å². The van der Waals surface area contributed by atoms with Crippen LogP contribution in [0.3, 0.4) is 0 Å². The molecule has 2 bridgehead atoms. The Balaban J connectivity index is 1.42. The van der Waals surface area contributed by atoms with E-state index >= 15 is 0 Å². The Kier molecular flexibility index (Phi) is 6.30. The molecule has 4 N–H and O–H groups in total. The minimum Gasteiger partial charge on any atom is -0.396 e. The van der Waals surface area contributed by atoms with Gasteiger partial charge >= 0.3 is 0 Å². The fraction of sp³-hybridized carbons (Fsp3) is 0.865. The van der Waals surface area contributed by atoms with Gasteiger partial charge in [0.2, 0.25) is 0 Å². The first kappa shape index (κ1) is 29.5. The first-order chi connectivity index (χ1) is 19.7. The molecule has 5 fully saturated rings. The van der Waals surface area contributed by atoms with E-state index in [9.17, 15) is 25.2 Å². The summed E-state index contributed by atoms with van der Waals surface area (Å²) in [7, 11) is 0. The van der Waals surface area contributed by atoms with E-state index < -0.39 is 34.6 Å². The molecule has 42 heavy (non-hydrogen) atoms. The number of carbonyl (C=O) groups excluding carboxylic acids is 1. The third-order valence-electron chi connectivity index (χ3n) is 16.0. The van der Waals surface area contributed by atoms with Crippen molar-refractivity contribution in [2.24, 2.45) is 55.7 Å². The average Bonchev–Trinajstić information content (AvgIpc) is 3.40. The lowest BCUT2D eigenvalue weighted by Crippen LogP contribution is -2.72. The van der Waals surface area contributed by atoms with E-state index in [2.05, 4.69) is 39.5 Å². The van der Waals surface area contributed by atoms with Crippen LogP contribution in [0.2, 0.25) is 0 Å². The molecule has 5 heteroatoms. The molecule has 5 nitrogen and oxygen atoms in total. The van der Waals surface area contributed by atoms with Gasteiger partial charge in [0.25, 0.3) is 0 Å². The Bertz CT molecular complexity index is 1270. The minimum absolute atomic E-state index is 0.0536. The topological polar surface area (TPSA) is 98.0 Å². The maximum atomic E-state index is 14.8. The summed E-state index contributed by atoms with van der Waals surface area (Å²) in [5, 5.41) is 46.5. The highest BCUT2D eigenvalue weighted by Gasteiger charge is 2.76. The Morgan fingerprint density at radius 1 is 0.905 bits per heavy atom. The fourth-order valence-electron chi connectivity index (χ4n) is 14.0. The molecular formula is C37H54O5. The molecule has 2 spiro atoms. The number of fused-ring (bicyclic) bond motifs is 8. The van der Waals surface area contributed by atoms with Gasteiger partial charge in [0, 0.05) is 23.2 Å².